The number of amides is 2. The second-order valence-electron chi connectivity index (χ2n) is 6.05. The number of rotatable bonds is 7. The minimum atomic E-state index is -0.619. The molecule has 0 saturated carbocycles. The lowest BCUT2D eigenvalue weighted by Gasteiger charge is -2.15. The van der Waals surface area contributed by atoms with Crippen molar-refractivity contribution >= 4 is 40.1 Å². The lowest BCUT2D eigenvalue weighted by molar-refractivity contribution is -0.128. The Bertz CT molecular complexity index is 876. The van der Waals surface area contributed by atoms with Crippen molar-refractivity contribution in [1.29, 1.82) is 0 Å². The quantitative estimate of drug-likeness (QED) is 0.772. The van der Waals surface area contributed by atoms with Crippen LogP contribution in [-0.2, 0) is 14.3 Å². The second kappa shape index (κ2) is 9.48. The minimum absolute atomic E-state index is 0.0743. The van der Waals surface area contributed by atoms with Gasteiger partial charge in [-0.05, 0) is 24.3 Å². The zero-order valence-corrected chi connectivity index (χ0v) is 16.1. The van der Waals surface area contributed by atoms with Gasteiger partial charge in [0, 0.05) is 13.5 Å². The Morgan fingerprint density at radius 3 is 2.64 bits per heavy atom. The molecule has 2 aromatic carbocycles. The maximum absolute atomic E-state index is 13.7. The standard InChI is InChI=1S/C20H20FN3O3S/c1-27-12-11-24-19(26)17(28-20(24)22-14-7-3-2-4-8-14)13-18(25)23-16-10-6-5-9-15(16)21/h2-10,17H,11-13H2,1H3,(H,23,25). The highest BCUT2D eigenvalue weighted by molar-refractivity contribution is 8.15. The first-order valence-electron chi connectivity index (χ1n) is 8.73. The number of aliphatic imine (C=N–C) groups is 1. The summed E-state index contributed by atoms with van der Waals surface area (Å²) >= 11 is 1.23. The predicted molar refractivity (Wildman–Crippen MR) is 108 cm³/mol. The average molecular weight is 401 g/mol. The number of hydrogen-bond acceptors (Lipinski definition) is 5. The van der Waals surface area contributed by atoms with E-state index in [1.165, 1.54) is 28.8 Å². The number of thioether (sulfide) groups is 1. The zero-order valence-electron chi connectivity index (χ0n) is 15.3. The van der Waals surface area contributed by atoms with E-state index in [9.17, 15) is 14.0 Å². The molecule has 6 nitrogen and oxygen atoms in total. The van der Waals surface area contributed by atoms with Gasteiger partial charge in [0.25, 0.3) is 0 Å². The van der Waals surface area contributed by atoms with Crippen LogP contribution in [0.1, 0.15) is 6.42 Å². The fourth-order valence-corrected chi connectivity index (χ4v) is 3.84. The van der Waals surface area contributed by atoms with Crippen LogP contribution in [0.2, 0.25) is 0 Å². The molecule has 1 saturated heterocycles. The van der Waals surface area contributed by atoms with Crippen LogP contribution in [0, 0.1) is 5.82 Å². The third-order valence-electron chi connectivity index (χ3n) is 4.04. The summed E-state index contributed by atoms with van der Waals surface area (Å²) in [5.74, 6) is -1.15. The fraction of sp³-hybridized carbons (Fsp3) is 0.250. The number of carbonyl (C=O) groups excluding carboxylic acids is 2. The first kappa shape index (κ1) is 20.0. The summed E-state index contributed by atoms with van der Waals surface area (Å²) < 4.78 is 18.8. The van der Waals surface area contributed by atoms with Gasteiger partial charge in [0.1, 0.15) is 11.1 Å². The third-order valence-corrected chi connectivity index (χ3v) is 5.21. The minimum Gasteiger partial charge on any atom is -0.383 e. The van der Waals surface area contributed by atoms with Crippen LogP contribution >= 0.6 is 11.8 Å². The molecule has 0 aromatic heterocycles. The van der Waals surface area contributed by atoms with Crippen molar-refractivity contribution < 1.29 is 18.7 Å². The van der Waals surface area contributed by atoms with E-state index in [1.807, 2.05) is 30.3 Å². The van der Waals surface area contributed by atoms with Crippen LogP contribution in [-0.4, -0.2) is 47.4 Å². The molecule has 8 heteroatoms. The Kier molecular flexibility index (Phi) is 6.78. The lowest BCUT2D eigenvalue weighted by atomic mass is 10.2. The molecule has 2 amide bonds. The first-order valence-corrected chi connectivity index (χ1v) is 9.61. The van der Waals surface area contributed by atoms with Gasteiger partial charge in [0.2, 0.25) is 11.8 Å². The Labute approximate surface area is 166 Å². The van der Waals surface area contributed by atoms with Gasteiger partial charge in [-0.3, -0.25) is 14.5 Å². The van der Waals surface area contributed by atoms with Gasteiger partial charge in [-0.15, -0.1) is 0 Å². The predicted octanol–water partition coefficient (Wildman–Crippen LogP) is 3.43. The largest absolute Gasteiger partial charge is 0.383 e. The molecule has 1 aliphatic heterocycles. The van der Waals surface area contributed by atoms with Crippen LogP contribution in [0.25, 0.3) is 0 Å². The number of hydrogen-bond donors (Lipinski definition) is 1. The van der Waals surface area contributed by atoms with Crippen molar-refractivity contribution in [1.82, 2.24) is 4.90 Å². The molecule has 0 bridgehead atoms. The molecule has 1 unspecified atom stereocenters. The van der Waals surface area contributed by atoms with E-state index in [1.54, 1.807) is 19.2 Å². The number of para-hydroxylation sites is 2. The van der Waals surface area contributed by atoms with Crippen LogP contribution in [0.15, 0.2) is 59.6 Å². The molecule has 1 fully saturated rings. The van der Waals surface area contributed by atoms with E-state index >= 15 is 0 Å². The van der Waals surface area contributed by atoms with E-state index in [2.05, 4.69) is 10.3 Å². The number of methoxy groups -OCH3 is 1. The Hall–Kier alpha value is -2.71. The fourth-order valence-electron chi connectivity index (χ4n) is 2.66. The van der Waals surface area contributed by atoms with E-state index in [0.717, 1.165) is 5.69 Å². The summed E-state index contributed by atoms with van der Waals surface area (Å²) in [6.45, 7) is 0.702. The summed E-state index contributed by atoms with van der Waals surface area (Å²) in [6, 6.07) is 15.2. The molecule has 1 aliphatic rings. The molecule has 1 atom stereocenters. The van der Waals surface area contributed by atoms with Crippen molar-refractivity contribution in [2.24, 2.45) is 4.99 Å². The molecular formula is C20H20FN3O3S. The van der Waals surface area contributed by atoms with E-state index < -0.39 is 17.0 Å². The first-order chi connectivity index (χ1) is 13.6. The summed E-state index contributed by atoms with van der Waals surface area (Å²) in [7, 11) is 1.56. The number of nitrogens with zero attached hydrogens (tertiary/aromatic N) is 2. The number of carbonyl (C=O) groups is 2. The Morgan fingerprint density at radius 1 is 1.21 bits per heavy atom. The summed E-state index contributed by atoms with van der Waals surface area (Å²) in [5.41, 5.74) is 0.814. The van der Waals surface area contributed by atoms with E-state index in [-0.39, 0.29) is 18.0 Å². The molecule has 0 spiro atoms. The second-order valence-corrected chi connectivity index (χ2v) is 7.22. The van der Waals surface area contributed by atoms with Crippen molar-refractivity contribution in [3.63, 3.8) is 0 Å². The number of nitrogens with one attached hydrogen (secondary N) is 1. The summed E-state index contributed by atoms with van der Waals surface area (Å²) in [4.78, 5) is 31.2. The topological polar surface area (TPSA) is 71.0 Å². The van der Waals surface area contributed by atoms with Crippen LogP contribution in [0.5, 0.6) is 0 Å². The van der Waals surface area contributed by atoms with Crippen molar-refractivity contribution in [2.45, 2.75) is 11.7 Å². The average Bonchev–Trinajstić information content (AvgIpc) is 2.97. The zero-order chi connectivity index (χ0) is 19.9. The number of anilines is 1. The molecule has 0 aliphatic carbocycles. The smallest absolute Gasteiger partial charge is 0.242 e. The molecular weight excluding hydrogens is 381 g/mol. The number of halogens is 1. The van der Waals surface area contributed by atoms with Crippen LogP contribution < -0.4 is 5.32 Å². The van der Waals surface area contributed by atoms with E-state index in [4.69, 9.17) is 4.74 Å². The van der Waals surface area contributed by atoms with Crippen molar-refractivity contribution in [3.05, 3.63) is 60.4 Å². The maximum Gasteiger partial charge on any atom is 0.242 e. The number of benzene rings is 2. The highest BCUT2D eigenvalue weighted by Gasteiger charge is 2.39. The monoisotopic (exact) mass is 401 g/mol. The lowest BCUT2D eigenvalue weighted by Crippen LogP contribution is -2.35. The van der Waals surface area contributed by atoms with Crippen molar-refractivity contribution in [2.75, 3.05) is 25.6 Å². The van der Waals surface area contributed by atoms with Gasteiger partial charge in [-0.2, -0.15) is 0 Å². The van der Waals surface area contributed by atoms with Crippen LogP contribution in [0.3, 0.4) is 0 Å². The Morgan fingerprint density at radius 2 is 1.93 bits per heavy atom. The molecule has 3 rings (SSSR count). The molecule has 1 heterocycles. The normalized spacial score (nSPS) is 17.9. The van der Waals surface area contributed by atoms with Gasteiger partial charge >= 0.3 is 0 Å². The van der Waals surface area contributed by atoms with Gasteiger partial charge < -0.3 is 10.1 Å². The molecule has 146 valence electrons. The molecule has 1 N–H and O–H groups in total. The van der Waals surface area contributed by atoms with E-state index in [0.29, 0.717) is 18.3 Å². The molecule has 0 radical (unpaired) electrons. The number of amidine groups is 1. The summed E-state index contributed by atoms with van der Waals surface area (Å²) in [5, 5.41) is 2.42. The van der Waals surface area contributed by atoms with Crippen LogP contribution in [0.4, 0.5) is 15.8 Å². The Balaban J connectivity index is 1.73. The maximum atomic E-state index is 13.7. The third kappa shape index (κ3) is 4.96. The van der Waals surface area contributed by atoms with Crippen molar-refractivity contribution in [3.8, 4) is 0 Å². The van der Waals surface area contributed by atoms with Gasteiger partial charge in [-0.1, -0.05) is 42.1 Å². The highest BCUT2D eigenvalue weighted by atomic mass is 32.2. The highest BCUT2D eigenvalue weighted by Crippen LogP contribution is 2.31. The van der Waals surface area contributed by atoms with Gasteiger partial charge in [0.05, 0.1) is 24.5 Å². The summed E-state index contributed by atoms with van der Waals surface area (Å²) in [6.07, 6.45) is -0.0743. The number of ether oxygens (including phenoxy) is 1. The SMILES string of the molecule is COCCN1C(=O)C(CC(=O)Nc2ccccc2F)SC1=Nc1ccccc1. The van der Waals surface area contributed by atoms with Gasteiger partial charge in [0.15, 0.2) is 5.17 Å². The van der Waals surface area contributed by atoms with Gasteiger partial charge in [-0.25, -0.2) is 9.38 Å². The molecule has 28 heavy (non-hydrogen) atoms. The molecule has 2 aromatic rings.